The highest BCUT2D eigenvalue weighted by atomic mass is 19.1. The van der Waals surface area contributed by atoms with Crippen molar-refractivity contribution in [3.63, 3.8) is 0 Å². The summed E-state index contributed by atoms with van der Waals surface area (Å²) in [7, 11) is 0. The maximum atomic E-state index is 13.8. The van der Waals surface area contributed by atoms with Crippen LogP contribution in [0.3, 0.4) is 0 Å². The Labute approximate surface area is 151 Å². The third-order valence-electron chi connectivity index (χ3n) is 3.76. The van der Waals surface area contributed by atoms with E-state index in [9.17, 15) is 4.39 Å². The number of hydrogen-bond acceptors (Lipinski definition) is 6. The zero-order valence-corrected chi connectivity index (χ0v) is 14.4. The van der Waals surface area contributed by atoms with Crippen LogP contribution in [0.25, 0.3) is 11.3 Å². The van der Waals surface area contributed by atoms with E-state index < -0.39 is 0 Å². The van der Waals surface area contributed by atoms with Crippen molar-refractivity contribution in [1.29, 1.82) is 0 Å². The normalized spacial score (nSPS) is 10.6. The number of aryl methyl sites for hydroxylation is 1. The number of pyridine rings is 1. The van der Waals surface area contributed by atoms with Crippen LogP contribution >= 0.6 is 0 Å². The molecular weight excluding hydrogens is 333 g/mol. The quantitative estimate of drug-likeness (QED) is 0.564. The molecule has 0 unspecified atom stereocenters. The SMILES string of the molecule is Cc1ccc(Nc2cc(-c3ccncc3)nc(NCCCO)n2)cc1F. The summed E-state index contributed by atoms with van der Waals surface area (Å²) in [6.07, 6.45) is 3.98. The average Bonchev–Trinajstić information content (AvgIpc) is 2.66. The van der Waals surface area contributed by atoms with Gasteiger partial charge < -0.3 is 15.7 Å². The van der Waals surface area contributed by atoms with Crippen molar-refractivity contribution in [2.45, 2.75) is 13.3 Å². The van der Waals surface area contributed by atoms with Crippen LogP contribution in [-0.4, -0.2) is 33.2 Å². The first kappa shape index (κ1) is 17.8. The number of benzene rings is 1. The maximum absolute atomic E-state index is 13.8. The van der Waals surface area contributed by atoms with Gasteiger partial charge in [-0.05, 0) is 43.2 Å². The van der Waals surface area contributed by atoms with Gasteiger partial charge in [0, 0.05) is 42.9 Å². The van der Waals surface area contributed by atoms with Crippen molar-refractivity contribution >= 4 is 17.5 Å². The highest BCUT2D eigenvalue weighted by molar-refractivity contribution is 5.67. The monoisotopic (exact) mass is 353 g/mol. The standard InChI is InChI=1S/C19H20FN5O/c1-13-3-4-15(11-16(13)20)23-18-12-17(14-5-8-21-9-6-14)24-19(25-18)22-7-2-10-26/h3-6,8-9,11-12,26H,2,7,10H2,1H3,(H2,22,23,24,25). The first-order valence-corrected chi connectivity index (χ1v) is 8.33. The second-order valence-electron chi connectivity index (χ2n) is 5.79. The molecule has 0 radical (unpaired) electrons. The first-order chi connectivity index (χ1) is 12.7. The Kier molecular flexibility index (Phi) is 5.70. The van der Waals surface area contributed by atoms with Crippen molar-refractivity contribution in [3.8, 4) is 11.3 Å². The molecule has 0 atom stereocenters. The van der Waals surface area contributed by atoms with Crippen LogP contribution in [0.5, 0.6) is 0 Å². The number of halogens is 1. The Hall–Kier alpha value is -3.06. The number of anilines is 3. The number of nitrogens with one attached hydrogen (secondary N) is 2. The van der Waals surface area contributed by atoms with Crippen LogP contribution in [0.1, 0.15) is 12.0 Å². The van der Waals surface area contributed by atoms with Gasteiger partial charge in [-0.2, -0.15) is 4.98 Å². The molecule has 0 aliphatic rings. The number of hydrogen-bond donors (Lipinski definition) is 3. The summed E-state index contributed by atoms with van der Waals surface area (Å²) in [5, 5.41) is 15.1. The molecule has 0 saturated heterocycles. The van der Waals surface area contributed by atoms with Gasteiger partial charge in [-0.3, -0.25) is 4.98 Å². The van der Waals surface area contributed by atoms with Crippen LogP contribution < -0.4 is 10.6 Å². The lowest BCUT2D eigenvalue weighted by Gasteiger charge is -2.12. The van der Waals surface area contributed by atoms with Gasteiger partial charge in [0.2, 0.25) is 5.95 Å². The Bertz CT molecular complexity index is 873. The minimum Gasteiger partial charge on any atom is -0.396 e. The molecule has 134 valence electrons. The summed E-state index contributed by atoms with van der Waals surface area (Å²) in [5.41, 5.74) is 2.80. The average molecular weight is 353 g/mol. The highest BCUT2D eigenvalue weighted by Gasteiger charge is 2.08. The number of aliphatic hydroxyl groups excluding tert-OH is 1. The maximum Gasteiger partial charge on any atom is 0.225 e. The third-order valence-corrected chi connectivity index (χ3v) is 3.76. The summed E-state index contributed by atoms with van der Waals surface area (Å²) in [5.74, 6) is 0.698. The van der Waals surface area contributed by atoms with Gasteiger partial charge in [-0.25, -0.2) is 9.37 Å². The van der Waals surface area contributed by atoms with E-state index in [1.54, 1.807) is 37.5 Å². The molecule has 0 saturated carbocycles. The van der Waals surface area contributed by atoms with Crippen molar-refractivity contribution in [1.82, 2.24) is 15.0 Å². The topological polar surface area (TPSA) is 83.0 Å². The van der Waals surface area contributed by atoms with E-state index >= 15 is 0 Å². The molecule has 0 aliphatic heterocycles. The van der Waals surface area contributed by atoms with Crippen molar-refractivity contribution in [2.24, 2.45) is 0 Å². The molecule has 2 aromatic heterocycles. The molecule has 2 heterocycles. The Balaban J connectivity index is 1.91. The molecule has 0 amide bonds. The van der Waals surface area contributed by atoms with Gasteiger partial charge in [0.25, 0.3) is 0 Å². The summed E-state index contributed by atoms with van der Waals surface area (Å²) in [6, 6.07) is 10.4. The molecule has 3 rings (SSSR count). The van der Waals surface area contributed by atoms with E-state index in [0.717, 1.165) is 5.56 Å². The summed E-state index contributed by atoms with van der Waals surface area (Å²) < 4.78 is 13.8. The fraction of sp³-hybridized carbons (Fsp3) is 0.211. The summed E-state index contributed by atoms with van der Waals surface area (Å²) in [4.78, 5) is 12.9. The van der Waals surface area contributed by atoms with Gasteiger partial charge in [0.1, 0.15) is 11.6 Å². The van der Waals surface area contributed by atoms with Crippen molar-refractivity contribution < 1.29 is 9.50 Å². The fourth-order valence-electron chi connectivity index (χ4n) is 2.36. The molecule has 3 aromatic rings. The van der Waals surface area contributed by atoms with Crippen LogP contribution in [-0.2, 0) is 0 Å². The minimum atomic E-state index is -0.278. The van der Waals surface area contributed by atoms with E-state index in [1.165, 1.54) is 6.07 Å². The fourth-order valence-corrected chi connectivity index (χ4v) is 2.36. The lowest BCUT2D eigenvalue weighted by Crippen LogP contribution is -2.08. The van der Waals surface area contributed by atoms with Crippen LogP contribution in [0, 0.1) is 12.7 Å². The molecule has 6 nitrogen and oxygen atoms in total. The summed E-state index contributed by atoms with van der Waals surface area (Å²) in [6.45, 7) is 2.36. The van der Waals surface area contributed by atoms with Gasteiger partial charge in [-0.15, -0.1) is 0 Å². The predicted molar refractivity (Wildman–Crippen MR) is 99.9 cm³/mol. The Morgan fingerprint density at radius 2 is 1.88 bits per heavy atom. The number of nitrogens with zero attached hydrogens (tertiary/aromatic N) is 3. The third kappa shape index (κ3) is 4.52. The Morgan fingerprint density at radius 1 is 1.08 bits per heavy atom. The van der Waals surface area contributed by atoms with Crippen LogP contribution in [0.4, 0.5) is 21.8 Å². The molecular formula is C19H20FN5O. The number of aliphatic hydroxyl groups is 1. The second-order valence-corrected chi connectivity index (χ2v) is 5.79. The second kappa shape index (κ2) is 8.35. The molecule has 3 N–H and O–H groups in total. The number of rotatable bonds is 7. The first-order valence-electron chi connectivity index (χ1n) is 8.33. The molecule has 0 aliphatic carbocycles. The van der Waals surface area contributed by atoms with E-state index in [0.29, 0.717) is 41.7 Å². The minimum absolute atomic E-state index is 0.0881. The van der Waals surface area contributed by atoms with Gasteiger partial charge in [0.05, 0.1) is 5.69 Å². The van der Waals surface area contributed by atoms with Crippen molar-refractivity contribution in [3.05, 3.63) is 60.2 Å². The number of aromatic nitrogens is 3. The van der Waals surface area contributed by atoms with Crippen molar-refractivity contribution in [2.75, 3.05) is 23.8 Å². The largest absolute Gasteiger partial charge is 0.396 e. The van der Waals surface area contributed by atoms with E-state index in [2.05, 4.69) is 25.6 Å². The van der Waals surface area contributed by atoms with E-state index in [4.69, 9.17) is 5.11 Å². The highest BCUT2D eigenvalue weighted by Crippen LogP contribution is 2.24. The molecule has 26 heavy (non-hydrogen) atoms. The molecule has 0 fully saturated rings. The Morgan fingerprint density at radius 3 is 2.62 bits per heavy atom. The van der Waals surface area contributed by atoms with Crippen LogP contribution in [0.2, 0.25) is 0 Å². The van der Waals surface area contributed by atoms with E-state index in [-0.39, 0.29) is 12.4 Å². The van der Waals surface area contributed by atoms with Crippen LogP contribution in [0.15, 0.2) is 48.8 Å². The predicted octanol–water partition coefficient (Wildman–Crippen LogP) is 3.52. The van der Waals surface area contributed by atoms with Gasteiger partial charge in [0.15, 0.2) is 0 Å². The summed E-state index contributed by atoms with van der Waals surface area (Å²) >= 11 is 0. The zero-order valence-electron chi connectivity index (χ0n) is 14.4. The zero-order chi connectivity index (χ0) is 18.4. The van der Waals surface area contributed by atoms with Gasteiger partial charge in [-0.1, -0.05) is 6.07 Å². The molecule has 0 bridgehead atoms. The van der Waals surface area contributed by atoms with E-state index in [1.807, 2.05) is 12.1 Å². The molecule has 0 spiro atoms. The smallest absolute Gasteiger partial charge is 0.225 e. The van der Waals surface area contributed by atoms with Gasteiger partial charge >= 0.3 is 0 Å². The molecule has 1 aromatic carbocycles. The lowest BCUT2D eigenvalue weighted by molar-refractivity contribution is 0.292. The lowest BCUT2D eigenvalue weighted by atomic mass is 10.2. The molecule has 7 heteroatoms.